The van der Waals surface area contributed by atoms with Crippen molar-refractivity contribution in [1.29, 1.82) is 0 Å². The van der Waals surface area contributed by atoms with Crippen LogP contribution < -0.4 is 5.32 Å². The minimum atomic E-state index is -0.500. The Bertz CT molecular complexity index is 1300. The van der Waals surface area contributed by atoms with Gasteiger partial charge in [-0.05, 0) is 43.8 Å². The van der Waals surface area contributed by atoms with Gasteiger partial charge in [-0.15, -0.1) is 11.3 Å². The molecule has 0 bridgehead atoms. The quantitative estimate of drug-likeness (QED) is 0.381. The van der Waals surface area contributed by atoms with Crippen LogP contribution in [0, 0.1) is 6.92 Å². The van der Waals surface area contributed by atoms with Gasteiger partial charge in [-0.2, -0.15) is 0 Å². The summed E-state index contributed by atoms with van der Waals surface area (Å²) in [7, 11) is 3.37. The second-order valence-corrected chi connectivity index (χ2v) is 8.93. The molecule has 0 radical (unpaired) electrons. The molecule has 0 aliphatic carbocycles. The number of nitrogens with zero attached hydrogens (tertiary/aromatic N) is 2. The third kappa shape index (κ3) is 5.27. The normalized spacial score (nSPS) is 11.0. The average molecular weight is 460 g/mol. The number of carbonyl (C=O) groups is 2. The van der Waals surface area contributed by atoms with Crippen LogP contribution in [-0.4, -0.2) is 35.9 Å². The van der Waals surface area contributed by atoms with E-state index in [-0.39, 0.29) is 5.91 Å². The number of amides is 1. The number of benzene rings is 2. The lowest BCUT2D eigenvalue weighted by Gasteiger charge is -2.16. The SMILES string of the molecule is COC(=O)c1sc2nc(CN(C)Cc3ccccc3)ccc2c1NC(=O)c1cccc(C)c1. The Labute approximate surface area is 196 Å². The summed E-state index contributed by atoms with van der Waals surface area (Å²) >= 11 is 1.22. The number of aromatic nitrogens is 1. The van der Waals surface area contributed by atoms with Gasteiger partial charge in [0.05, 0.1) is 18.5 Å². The lowest BCUT2D eigenvalue weighted by molar-refractivity contribution is 0.0607. The first-order valence-electron chi connectivity index (χ1n) is 10.6. The van der Waals surface area contributed by atoms with Crippen molar-refractivity contribution in [2.45, 2.75) is 20.0 Å². The van der Waals surface area contributed by atoms with Crippen molar-refractivity contribution < 1.29 is 14.3 Å². The molecule has 2 aromatic carbocycles. The summed E-state index contributed by atoms with van der Waals surface area (Å²) < 4.78 is 4.96. The molecule has 0 saturated carbocycles. The number of pyridine rings is 1. The predicted octanol–water partition coefficient (Wildman–Crippen LogP) is 5.28. The molecule has 2 aromatic heterocycles. The highest BCUT2D eigenvalue weighted by Gasteiger charge is 2.22. The summed E-state index contributed by atoms with van der Waals surface area (Å²) in [4.78, 5) is 33.3. The number of anilines is 1. The van der Waals surface area contributed by atoms with Crippen molar-refractivity contribution in [2.75, 3.05) is 19.5 Å². The Morgan fingerprint density at radius 1 is 1.03 bits per heavy atom. The smallest absolute Gasteiger partial charge is 0.350 e. The van der Waals surface area contributed by atoms with Gasteiger partial charge in [0.2, 0.25) is 0 Å². The van der Waals surface area contributed by atoms with Gasteiger partial charge in [-0.3, -0.25) is 9.69 Å². The molecule has 0 spiro atoms. The van der Waals surface area contributed by atoms with E-state index in [9.17, 15) is 9.59 Å². The molecule has 7 heteroatoms. The summed E-state index contributed by atoms with van der Waals surface area (Å²) in [6.07, 6.45) is 0. The summed E-state index contributed by atoms with van der Waals surface area (Å²) in [5, 5.41) is 3.62. The number of rotatable bonds is 7. The van der Waals surface area contributed by atoms with Gasteiger partial charge in [0, 0.05) is 24.0 Å². The highest BCUT2D eigenvalue weighted by Crippen LogP contribution is 2.36. The van der Waals surface area contributed by atoms with E-state index in [1.807, 2.05) is 56.4 Å². The minimum absolute atomic E-state index is 0.282. The highest BCUT2D eigenvalue weighted by atomic mass is 32.1. The van der Waals surface area contributed by atoms with Crippen molar-refractivity contribution in [1.82, 2.24) is 9.88 Å². The van der Waals surface area contributed by atoms with Crippen molar-refractivity contribution in [3.63, 3.8) is 0 Å². The standard InChI is InChI=1S/C26H25N3O3S/c1-17-8-7-11-19(14-17)24(30)28-22-21-13-12-20(27-25(21)33-23(22)26(31)32-3)16-29(2)15-18-9-5-4-6-10-18/h4-14H,15-16H2,1-3H3,(H,28,30). The molecule has 6 nitrogen and oxygen atoms in total. The number of hydrogen-bond acceptors (Lipinski definition) is 6. The van der Waals surface area contributed by atoms with Crippen molar-refractivity contribution in [2.24, 2.45) is 0 Å². The number of thiophene rings is 1. The van der Waals surface area contributed by atoms with Crippen LogP contribution in [0.4, 0.5) is 5.69 Å². The third-order valence-electron chi connectivity index (χ3n) is 5.23. The van der Waals surface area contributed by atoms with Gasteiger partial charge in [0.1, 0.15) is 9.71 Å². The minimum Gasteiger partial charge on any atom is -0.465 e. The van der Waals surface area contributed by atoms with Crippen LogP contribution in [0.2, 0.25) is 0 Å². The van der Waals surface area contributed by atoms with Crippen LogP contribution in [0.5, 0.6) is 0 Å². The number of carbonyl (C=O) groups excluding carboxylic acids is 2. The molecule has 33 heavy (non-hydrogen) atoms. The van der Waals surface area contributed by atoms with Gasteiger partial charge in [0.25, 0.3) is 5.91 Å². The molecular weight excluding hydrogens is 434 g/mol. The van der Waals surface area contributed by atoms with Gasteiger partial charge in [-0.25, -0.2) is 9.78 Å². The number of ether oxygens (including phenoxy) is 1. The molecule has 168 valence electrons. The highest BCUT2D eigenvalue weighted by molar-refractivity contribution is 7.21. The van der Waals surface area contributed by atoms with Gasteiger partial charge >= 0.3 is 5.97 Å². The van der Waals surface area contributed by atoms with Crippen LogP contribution in [0.15, 0.2) is 66.7 Å². The first-order chi connectivity index (χ1) is 15.9. The van der Waals surface area contributed by atoms with Crippen LogP contribution >= 0.6 is 11.3 Å². The van der Waals surface area contributed by atoms with E-state index in [0.29, 0.717) is 27.5 Å². The molecule has 0 aliphatic rings. The summed E-state index contributed by atoms with van der Waals surface area (Å²) in [6, 6.07) is 21.4. The Morgan fingerprint density at radius 2 is 1.82 bits per heavy atom. The Balaban J connectivity index is 1.61. The van der Waals surface area contributed by atoms with E-state index in [2.05, 4.69) is 22.3 Å². The maximum absolute atomic E-state index is 12.9. The molecule has 2 heterocycles. The summed E-state index contributed by atoms with van der Waals surface area (Å²) in [5.41, 5.74) is 4.06. The zero-order valence-corrected chi connectivity index (χ0v) is 19.6. The fourth-order valence-corrected chi connectivity index (χ4v) is 4.73. The van der Waals surface area contributed by atoms with Crippen molar-refractivity contribution >= 4 is 39.1 Å². The van der Waals surface area contributed by atoms with E-state index in [1.165, 1.54) is 24.0 Å². The third-order valence-corrected chi connectivity index (χ3v) is 6.31. The first kappa shape index (κ1) is 22.6. The fraction of sp³-hybridized carbons (Fsp3) is 0.192. The second kappa shape index (κ2) is 9.94. The van der Waals surface area contributed by atoms with Gasteiger partial charge < -0.3 is 10.1 Å². The van der Waals surface area contributed by atoms with E-state index in [4.69, 9.17) is 9.72 Å². The summed E-state index contributed by atoms with van der Waals surface area (Å²) in [6.45, 7) is 3.38. The van der Waals surface area contributed by atoms with Crippen LogP contribution in [0.25, 0.3) is 10.2 Å². The van der Waals surface area contributed by atoms with E-state index in [1.54, 1.807) is 12.1 Å². The van der Waals surface area contributed by atoms with E-state index >= 15 is 0 Å². The maximum Gasteiger partial charge on any atom is 0.350 e. The van der Waals surface area contributed by atoms with Crippen LogP contribution in [0.1, 0.15) is 36.9 Å². The monoisotopic (exact) mass is 459 g/mol. The molecule has 1 amide bonds. The number of esters is 1. The topological polar surface area (TPSA) is 71.5 Å². The van der Waals surface area contributed by atoms with Crippen molar-refractivity contribution in [3.05, 3.63) is 94.0 Å². The van der Waals surface area contributed by atoms with Crippen LogP contribution in [0.3, 0.4) is 0 Å². The number of methoxy groups -OCH3 is 1. The van der Waals surface area contributed by atoms with Gasteiger partial charge in [0.15, 0.2) is 0 Å². The lowest BCUT2D eigenvalue weighted by atomic mass is 10.1. The number of hydrogen-bond donors (Lipinski definition) is 1. The molecule has 0 fully saturated rings. The Hall–Kier alpha value is -3.55. The molecule has 0 atom stereocenters. The Kier molecular flexibility index (Phi) is 6.82. The van der Waals surface area contributed by atoms with E-state index in [0.717, 1.165) is 23.2 Å². The predicted molar refractivity (Wildman–Crippen MR) is 132 cm³/mol. The lowest BCUT2D eigenvalue weighted by Crippen LogP contribution is -2.17. The number of fused-ring (bicyclic) bond motifs is 1. The number of aryl methyl sites for hydroxylation is 1. The average Bonchev–Trinajstić information content (AvgIpc) is 3.16. The maximum atomic E-state index is 12.9. The van der Waals surface area contributed by atoms with Crippen LogP contribution in [-0.2, 0) is 17.8 Å². The zero-order chi connectivity index (χ0) is 23.4. The summed E-state index contributed by atoms with van der Waals surface area (Å²) in [5.74, 6) is -0.782. The molecule has 1 N–H and O–H groups in total. The van der Waals surface area contributed by atoms with Crippen molar-refractivity contribution in [3.8, 4) is 0 Å². The largest absolute Gasteiger partial charge is 0.465 e. The molecule has 4 rings (SSSR count). The zero-order valence-electron chi connectivity index (χ0n) is 18.8. The van der Waals surface area contributed by atoms with E-state index < -0.39 is 5.97 Å². The molecular formula is C26H25N3O3S. The number of nitrogens with one attached hydrogen (secondary N) is 1. The molecule has 0 saturated heterocycles. The first-order valence-corrected chi connectivity index (χ1v) is 11.4. The fourth-order valence-electron chi connectivity index (χ4n) is 3.66. The molecule has 0 aliphatic heterocycles. The molecule has 0 unspecified atom stereocenters. The van der Waals surface area contributed by atoms with Gasteiger partial charge in [-0.1, -0.05) is 48.0 Å². The Morgan fingerprint density at radius 3 is 2.55 bits per heavy atom. The second-order valence-electron chi connectivity index (χ2n) is 7.93. The molecule has 4 aromatic rings.